The van der Waals surface area contributed by atoms with Crippen LogP contribution in [-0.2, 0) is 7.05 Å². The number of imidazole rings is 1. The minimum Gasteiger partial charge on any atom is -0.351 e. The second kappa shape index (κ2) is 7.34. The van der Waals surface area contributed by atoms with Crippen LogP contribution in [-0.4, -0.2) is 32.9 Å². The normalized spacial score (nSPS) is 16.9. The highest BCUT2D eigenvalue weighted by Gasteiger charge is 2.32. The lowest BCUT2D eigenvalue weighted by Gasteiger charge is -2.35. The molecule has 3 aromatic rings. The summed E-state index contributed by atoms with van der Waals surface area (Å²) in [6.07, 6.45) is 2.90. The fourth-order valence-corrected chi connectivity index (χ4v) is 3.94. The number of carbonyl (C=O) groups is 2. The van der Waals surface area contributed by atoms with Gasteiger partial charge in [0.2, 0.25) is 0 Å². The van der Waals surface area contributed by atoms with Crippen LogP contribution in [0.2, 0.25) is 0 Å². The molecule has 0 aliphatic carbocycles. The summed E-state index contributed by atoms with van der Waals surface area (Å²) in [6, 6.07) is 14.1. The van der Waals surface area contributed by atoms with Crippen LogP contribution < -0.4 is 11.1 Å². The summed E-state index contributed by atoms with van der Waals surface area (Å²) in [6.45, 7) is 0.681. The van der Waals surface area contributed by atoms with Crippen LogP contribution in [0.1, 0.15) is 41.5 Å². The SMILES string of the molecule is Cn1c([C@@H]2CCCCN2C(=O)c2cccc(NC(N)=O)c2)nc2ccccc21. The zero-order valence-electron chi connectivity index (χ0n) is 15.8. The van der Waals surface area contributed by atoms with E-state index in [0.717, 1.165) is 36.1 Å². The molecule has 1 aromatic heterocycles. The summed E-state index contributed by atoms with van der Waals surface area (Å²) in [5.74, 6) is 0.838. The first-order chi connectivity index (χ1) is 13.5. The number of aryl methyl sites for hydroxylation is 1. The van der Waals surface area contributed by atoms with Crippen molar-refractivity contribution in [3.05, 3.63) is 59.9 Å². The van der Waals surface area contributed by atoms with E-state index >= 15 is 0 Å². The van der Waals surface area contributed by atoms with Crippen LogP contribution in [0.5, 0.6) is 0 Å². The number of aromatic nitrogens is 2. The van der Waals surface area contributed by atoms with Gasteiger partial charge in [-0.05, 0) is 49.6 Å². The zero-order chi connectivity index (χ0) is 19.7. The van der Waals surface area contributed by atoms with Crippen molar-refractivity contribution in [1.29, 1.82) is 0 Å². The van der Waals surface area contributed by atoms with Gasteiger partial charge in [-0.2, -0.15) is 0 Å². The number of rotatable bonds is 3. The Morgan fingerprint density at radius 1 is 1.14 bits per heavy atom. The zero-order valence-corrected chi connectivity index (χ0v) is 15.8. The van der Waals surface area contributed by atoms with Crippen molar-refractivity contribution >= 4 is 28.7 Å². The minimum absolute atomic E-state index is 0.0649. The standard InChI is InChI=1S/C21H23N5O2/c1-25-17-10-3-2-9-16(17)24-19(25)18-11-4-5-12-26(18)20(27)14-7-6-8-15(13-14)23-21(22)28/h2-3,6-10,13,18H,4-5,11-12H2,1H3,(H3,22,23,28)/t18-/m0/s1. The Morgan fingerprint density at radius 2 is 1.96 bits per heavy atom. The molecule has 1 saturated heterocycles. The van der Waals surface area contributed by atoms with E-state index in [1.54, 1.807) is 24.3 Å². The number of amides is 3. The fourth-order valence-electron chi connectivity index (χ4n) is 3.94. The van der Waals surface area contributed by atoms with Crippen molar-refractivity contribution < 1.29 is 9.59 Å². The Hall–Kier alpha value is -3.35. The molecule has 0 spiro atoms. The molecule has 1 aliphatic heterocycles. The number of benzene rings is 2. The van der Waals surface area contributed by atoms with E-state index < -0.39 is 6.03 Å². The van der Waals surface area contributed by atoms with Gasteiger partial charge in [0, 0.05) is 24.8 Å². The minimum atomic E-state index is -0.653. The van der Waals surface area contributed by atoms with Crippen molar-refractivity contribution in [2.75, 3.05) is 11.9 Å². The Bertz CT molecular complexity index is 1040. The fraction of sp³-hybridized carbons (Fsp3) is 0.286. The third-order valence-electron chi connectivity index (χ3n) is 5.26. The molecule has 144 valence electrons. The summed E-state index contributed by atoms with van der Waals surface area (Å²) in [7, 11) is 2.00. The van der Waals surface area contributed by atoms with E-state index in [-0.39, 0.29) is 11.9 Å². The average molecular weight is 377 g/mol. The molecule has 3 N–H and O–H groups in total. The second-order valence-electron chi connectivity index (χ2n) is 7.10. The number of fused-ring (bicyclic) bond motifs is 1. The topological polar surface area (TPSA) is 93.3 Å². The number of hydrogen-bond donors (Lipinski definition) is 2. The number of nitrogens with two attached hydrogens (primary N) is 1. The molecule has 2 heterocycles. The molecule has 3 amide bonds. The molecule has 7 nitrogen and oxygen atoms in total. The third kappa shape index (κ3) is 3.31. The number of urea groups is 1. The first-order valence-corrected chi connectivity index (χ1v) is 9.43. The Balaban J connectivity index is 1.68. The molecular weight excluding hydrogens is 354 g/mol. The van der Waals surface area contributed by atoms with Gasteiger partial charge in [0.05, 0.1) is 17.1 Å². The van der Waals surface area contributed by atoms with E-state index in [1.807, 2.05) is 36.2 Å². The van der Waals surface area contributed by atoms with Crippen molar-refractivity contribution in [3.63, 3.8) is 0 Å². The van der Waals surface area contributed by atoms with Crippen molar-refractivity contribution in [1.82, 2.24) is 14.5 Å². The highest BCUT2D eigenvalue weighted by atomic mass is 16.2. The van der Waals surface area contributed by atoms with Gasteiger partial charge in [-0.1, -0.05) is 18.2 Å². The number of anilines is 1. The highest BCUT2D eigenvalue weighted by molar-refractivity contribution is 5.97. The number of piperidine rings is 1. The molecule has 1 fully saturated rings. The number of para-hydroxylation sites is 2. The number of nitrogens with one attached hydrogen (secondary N) is 1. The van der Waals surface area contributed by atoms with Crippen LogP contribution in [0, 0.1) is 0 Å². The molecule has 0 radical (unpaired) electrons. The monoisotopic (exact) mass is 377 g/mol. The number of likely N-dealkylation sites (tertiary alicyclic amines) is 1. The van der Waals surface area contributed by atoms with E-state index in [4.69, 9.17) is 10.7 Å². The molecule has 4 rings (SSSR count). The van der Waals surface area contributed by atoms with Crippen LogP contribution in [0.3, 0.4) is 0 Å². The second-order valence-corrected chi connectivity index (χ2v) is 7.10. The van der Waals surface area contributed by atoms with Crippen molar-refractivity contribution in [2.45, 2.75) is 25.3 Å². The number of carbonyl (C=O) groups excluding carboxylic acids is 2. The smallest absolute Gasteiger partial charge is 0.316 e. The van der Waals surface area contributed by atoms with Gasteiger partial charge in [-0.25, -0.2) is 9.78 Å². The van der Waals surface area contributed by atoms with Crippen LogP contribution in [0.25, 0.3) is 11.0 Å². The third-order valence-corrected chi connectivity index (χ3v) is 5.26. The maximum absolute atomic E-state index is 13.3. The Kier molecular flexibility index (Phi) is 4.73. The summed E-state index contributed by atoms with van der Waals surface area (Å²) < 4.78 is 2.08. The van der Waals surface area contributed by atoms with E-state index in [2.05, 4.69) is 9.88 Å². The van der Waals surface area contributed by atoms with Gasteiger partial charge >= 0.3 is 6.03 Å². The summed E-state index contributed by atoms with van der Waals surface area (Å²) in [5.41, 5.74) is 8.22. The van der Waals surface area contributed by atoms with Crippen LogP contribution in [0.4, 0.5) is 10.5 Å². The van der Waals surface area contributed by atoms with E-state index in [0.29, 0.717) is 17.8 Å². The lowest BCUT2D eigenvalue weighted by Crippen LogP contribution is -2.39. The molecule has 0 bridgehead atoms. The van der Waals surface area contributed by atoms with Gasteiger partial charge in [-0.3, -0.25) is 4.79 Å². The van der Waals surface area contributed by atoms with E-state index in [1.165, 1.54) is 0 Å². The quantitative estimate of drug-likeness (QED) is 0.732. The molecule has 2 aromatic carbocycles. The van der Waals surface area contributed by atoms with E-state index in [9.17, 15) is 9.59 Å². The highest BCUT2D eigenvalue weighted by Crippen LogP contribution is 2.33. The first kappa shape index (κ1) is 18.0. The molecular formula is C21H23N5O2. The average Bonchev–Trinajstić information content (AvgIpc) is 3.04. The van der Waals surface area contributed by atoms with Gasteiger partial charge in [0.25, 0.3) is 5.91 Å². The van der Waals surface area contributed by atoms with Gasteiger partial charge in [0.1, 0.15) is 5.82 Å². The molecule has 1 aliphatic rings. The maximum Gasteiger partial charge on any atom is 0.316 e. The molecule has 0 saturated carbocycles. The van der Waals surface area contributed by atoms with Crippen molar-refractivity contribution in [3.8, 4) is 0 Å². The molecule has 1 atom stereocenters. The molecule has 0 unspecified atom stereocenters. The lowest BCUT2D eigenvalue weighted by atomic mass is 10.00. The first-order valence-electron chi connectivity index (χ1n) is 9.43. The van der Waals surface area contributed by atoms with Gasteiger partial charge < -0.3 is 20.5 Å². The number of primary amides is 1. The van der Waals surface area contributed by atoms with Gasteiger partial charge in [-0.15, -0.1) is 0 Å². The lowest BCUT2D eigenvalue weighted by molar-refractivity contribution is 0.0597. The summed E-state index contributed by atoms with van der Waals surface area (Å²) in [4.78, 5) is 31.1. The largest absolute Gasteiger partial charge is 0.351 e. The Morgan fingerprint density at radius 3 is 2.75 bits per heavy atom. The molecule has 28 heavy (non-hydrogen) atoms. The molecule has 7 heteroatoms. The number of hydrogen-bond acceptors (Lipinski definition) is 3. The van der Waals surface area contributed by atoms with Crippen LogP contribution in [0.15, 0.2) is 48.5 Å². The predicted molar refractivity (Wildman–Crippen MR) is 108 cm³/mol. The van der Waals surface area contributed by atoms with Crippen LogP contribution >= 0.6 is 0 Å². The Labute approximate surface area is 163 Å². The van der Waals surface area contributed by atoms with Crippen molar-refractivity contribution in [2.24, 2.45) is 12.8 Å². The maximum atomic E-state index is 13.3. The summed E-state index contributed by atoms with van der Waals surface area (Å²) in [5, 5.41) is 2.52. The summed E-state index contributed by atoms with van der Waals surface area (Å²) >= 11 is 0. The number of nitrogens with zero attached hydrogens (tertiary/aromatic N) is 3. The van der Waals surface area contributed by atoms with Gasteiger partial charge in [0.15, 0.2) is 0 Å². The predicted octanol–water partition coefficient (Wildman–Crippen LogP) is 3.43.